The standard InChI is InChI=1S/C19H20N2O3.ClH/c20-10-9-14-5-3-6-15(13-14)24-12-4-11-21-18(22)16-7-1-2-8-17(16)19(21)23;/h1-3,5-8,13H,4,9-12,20H2;1H. The number of imide groups is 1. The Kier molecular flexibility index (Phi) is 6.56. The third-order valence-corrected chi connectivity index (χ3v) is 4.00. The minimum absolute atomic E-state index is 0. The van der Waals surface area contributed by atoms with Crippen molar-refractivity contribution in [3.8, 4) is 5.75 Å². The number of rotatable bonds is 7. The lowest BCUT2D eigenvalue weighted by Crippen LogP contribution is -2.31. The Labute approximate surface area is 153 Å². The first-order valence-corrected chi connectivity index (χ1v) is 8.08. The first-order chi connectivity index (χ1) is 11.7. The maximum atomic E-state index is 12.2. The smallest absolute Gasteiger partial charge is 0.261 e. The third-order valence-electron chi connectivity index (χ3n) is 4.00. The van der Waals surface area contributed by atoms with Crippen LogP contribution in [0.15, 0.2) is 48.5 Å². The average molecular weight is 361 g/mol. The van der Waals surface area contributed by atoms with Crippen LogP contribution in [0.5, 0.6) is 5.75 Å². The van der Waals surface area contributed by atoms with Crippen molar-refractivity contribution < 1.29 is 14.3 Å². The van der Waals surface area contributed by atoms with Crippen molar-refractivity contribution in [1.82, 2.24) is 4.90 Å². The molecule has 3 rings (SSSR count). The van der Waals surface area contributed by atoms with Gasteiger partial charge < -0.3 is 10.5 Å². The number of hydrogen-bond donors (Lipinski definition) is 1. The number of ether oxygens (including phenoxy) is 1. The fourth-order valence-electron chi connectivity index (χ4n) is 2.81. The summed E-state index contributed by atoms with van der Waals surface area (Å²) in [6.07, 6.45) is 1.40. The summed E-state index contributed by atoms with van der Waals surface area (Å²) in [4.78, 5) is 25.8. The van der Waals surface area contributed by atoms with E-state index >= 15 is 0 Å². The molecule has 0 atom stereocenters. The van der Waals surface area contributed by atoms with E-state index in [-0.39, 0.29) is 24.2 Å². The summed E-state index contributed by atoms with van der Waals surface area (Å²) < 4.78 is 5.71. The van der Waals surface area contributed by atoms with Gasteiger partial charge in [0.25, 0.3) is 11.8 Å². The van der Waals surface area contributed by atoms with Crippen molar-refractivity contribution in [2.45, 2.75) is 12.8 Å². The van der Waals surface area contributed by atoms with E-state index in [0.29, 0.717) is 37.2 Å². The van der Waals surface area contributed by atoms with Gasteiger partial charge in [-0.25, -0.2) is 0 Å². The number of fused-ring (bicyclic) bond motifs is 1. The van der Waals surface area contributed by atoms with E-state index in [9.17, 15) is 9.59 Å². The van der Waals surface area contributed by atoms with Crippen molar-refractivity contribution in [3.63, 3.8) is 0 Å². The summed E-state index contributed by atoms with van der Waals surface area (Å²) in [5.74, 6) is 0.337. The van der Waals surface area contributed by atoms with Crippen LogP contribution in [0.2, 0.25) is 0 Å². The Morgan fingerprint density at radius 1 is 0.960 bits per heavy atom. The van der Waals surface area contributed by atoms with Crippen LogP contribution in [-0.2, 0) is 6.42 Å². The number of nitrogens with two attached hydrogens (primary N) is 1. The molecule has 1 heterocycles. The number of nitrogens with zero attached hydrogens (tertiary/aromatic N) is 1. The second-order valence-corrected chi connectivity index (χ2v) is 5.70. The maximum absolute atomic E-state index is 12.2. The second kappa shape index (κ2) is 8.65. The molecule has 0 aromatic heterocycles. The van der Waals surface area contributed by atoms with Crippen LogP contribution < -0.4 is 10.5 Å². The van der Waals surface area contributed by atoms with Gasteiger partial charge >= 0.3 is 0 Å². The fraction of sp³-hybridized carbons (Fsp3) is 0.263. The SMILES string of the molecule is Cl.NCCc1cccc(OCCCN2C(=O)c3ccccc3C2=O)c1. The molecule has 2 N–H and O–H groups in total. The topological polar surface area (TPSA) is 72.6 Å². The van der Waals surface area contributed by atoms with Gasteiger partial charge in [-0.3, -0.25) is 14.5 Å². The normalized spacial score (nSPS) is 12.8. The lowest BCUT2D eigenvalue weighted by molar-refractivity contribution is 0.0647. The molecule has 2 aromatic rings. The summed E-state index contributed by atoms with van der Waals surface area (Å²) in [7, 11) is 0. The maximum Gasteiger partial charge on any atom is 0.261 e. The van der Waals surface area contributed by atoms with E-state index in [0.717, 1.165) is 17.7 Å². The molecule has 25 heavy (non-hydrogen) atoms. The molecule has 0 aliphatic carbocycles. The van der Waals surface area contributed by atoms with Crippen molar-refractivity contribution in [2.75, 3.05) is 19.7 Å². The third kappa shape index (κ3) is 4.18. The zero-order valence-corrected chi connectivity index (χ0v) is 14.6. The summed E-state index contributed by atoms with van der Waals surface area (Å²) in [5, 5.41) is 0. The van der Waals surface area contributed by atoms with Crippen LogP contribution in [0.1, 0.15) is 32.7 Å². The van der Waals surface area contributed by atoms with E-state index in [1.54, 1.807) is 24.3 Å². The van der Waals surface area contributed by atoms with Crippen molar-refractivity contribution in [3.05, 3.63) is 65.2 Å². The van der Waals surface area contributed by atoms with Gasteiger partial charge in [0.05, 0.1) is 17.7 Å². The Morgan fingerprint density at radius 2 is 1.64 bits per heavy atom. The molecular weight excluding hydrogens is 340 g/mol. The molecular formula is C19H21ClN2O3. The van der Waals surface area contributed by atoms with Crippen molar-refractivity contribution in [2.24, 2.45) is 5.73 Å². The summed E-state index contributed by atoms with van der Waals surface area (Å²) in [5.41, 5.74) is 7.66. The van der Waals surface area contributed by atoms with Crippen LogP contribution in [-0.4, -0.2) is 36.4 Å². The molecule has 2 amide bonds. The van der Waals surface area contributed by atoms with E-state index in [1.165, 1.54) is 4.90 Å². The number of carbonyl (C=O) groups excluding carboxylic acids is 2. The highest BCUT2D eigenvalue weighted by molar-refractivity contribution is 6.21. The number of amides is 2. The summed E-state index contributed by atoms with van der Waals surface area (Å²) >= 11 is 0. The average Bonchev–Trinajstić information content (AvgIpc) is 2.84. The lowest BCUT2D eigenvalue weighted by atomic mass is 10.1. The highest BCUT2D eigenvalue weighted by Crippen LogP contribution is 2.22. The predicted octanol–water partition coefficient (Wildman–Crippen LogP) is 2.67. The van der Waals surface area contributed by atoms with Gasteiger partial charge in [0.2, 0.25) is 0 Å². The van der Waals surface area contributed by atoms with Gasteiger partial charge in [-0.2, -0.15) is 0 Å². The highest BCUT2D eigenvalue weighted by Gasteiger charge is 2.34. The zero-order valence-electron chi connectivity index (χ0n) is 13.8. The largest absolute Gasteiger partial charge is 0.494 e. The molecule has 6 heteroatoms. The lowest BCUT2D eigenvalue weighted by Gasteiger charge is -2.14. The highest BCUT2D eigenvalue weighted by atomic mass is 35.5. The molecule has 1 aliphatic rings. The monoisotopic (exact) mass is 360 g/mol. The van der Waals surface area contributed by atoms with Gasteiger partial charge in [0, 0.05) is 6.54 Å². The van der Waals surface area contributed by atoms with E-state index in [2.05, 4.69) is 0 Å². The zero-order chi connectivity index (χ0) is 16.9. The molecule has 5 nitrogen and oxygen atoms in total. The molecule has 0 spiro atoms. The molecule has 1 aliphatic heterocycles. The van der Waals surface area contributed by atoms with Crippen LogP contribution in [0.4, 0.5) is 0 Å². The second-order valence-electron chi connectivity index (χ2n) is 5.70. The van der Waals surface area contributed by atoms with E-state index in [4.69, 9.17) is 10.5 Å². The first-order valence-electron chi connectivity index (χ1n) is 8.08. The Balaban J connectivity index is 0.00000225. The minimum Gasteiger partial charge on any atom is -0.494 e. The minimum atomic E-state index is -0.222. The van der Waals surface area contributed by atoms with Gasteiger partial charge in [-0.1, -0.05) is 24.3 Å². The quantitative estimate of drug-likeness (QED) is 0.608. The van der Waals surface area contributed by atoms with Crippen LogP contribution in [0.25, 0.3) is 0 Å². The summed E-state index contributed by atoms with van der Waals surface area (Å²) in [6.45, 7) is 1.40. The first kappa shape index (κ1) is 19.0. The molecule has 0 fully saturated rings. The molecule has 132 valence electrons. The van der Waals surface area contributed by atoms with Crippen molar-refractivity contribution in [1.29, 1.82) is 0 Å². The Morgan fingerprint density at radius 3 is 2.28 bits per heavy atom. The molecule has 0 saturated heterocycles. The van der Waals surface area contributed by atoms with Gasteiger partial charge in [0.15, 0.2) is 0 Å². The van der Waals surface area contributed by atoms with E-state index in [1.807, 2.05) is 24.3 Å². The summed E-state index contributed by atoms with van der Waals surface area (Å²) in [6, 6.07) is 14.7. The molecule has 0 saturated carbocycles. The Hall–Kier alpha value is -2.37. The Bertz CT molecular complexity index is 729. The van der Waals surface area contributed by atoms with Gasteiger partial charge in [-0.05, 0) is 49.2 Å². The van der Waals surface area contributed by atoms with Crippen LogP contribution in [0, 0.1) is 0 Å². The molecule has 2 aromatic carbocycles. The molecule has 0 bridgehead atoms. The number of carbonyl (C=O) groups is 2. The van der Waals surface area contributed by atoms with Gasteiger partial charge in [-0.15, -0.1) is 12.4 Å². The predicted molar refractivity (Wildman–Crippen MR) is 98.4 cm³/mol. The number of halogens is 1. The van der Waals surface area contributed by atoms with Gasteiger partial charge in [0.1, 0.15) is 5.75 Å². The van der Waals surface area contributed by atoms with Crippen LogP contribution in [0.3, 0.4) is 0 Å². The fourth-order valence-corrected chi connectivity index (χ4v) is 2.81. The van der Waals surface area contributed by atoms with Crippen LogP contribution >= 0.6 is 12.4 Å². The number of hydrogen-bond acceptors (Lipinski definition) is 4. The number of benzene rings is 2. The van der Waals surface area contributed by atoms with E-state index < -0.39 is 0 Å². The van der Waals surface area contributed by atoms with Crippen molar-refractivity contribution >= 4 is 24.2 Å². The molecule has 0 unspecified atom stereocenters. The molecule has 0 radical (unpaired) electrons.